The fourth-order valence-electron chi connectivity index (χ4n) is 3.50. The van der Waals surface area contributed by atoms with E-state index in [-0.39, 0.29) is 12.0 Å². The summed E-state index contributed by atoms with van der Waals surface area (Å²) in [7, 11) is 3.25. The number of nitrogens with zero attached hydrogens (tertiary/aromatic N) is 1. The number of benzene rings is 1. The van der Waals surface area contributed by atoms with Gasteiger partial charge in [-0.2, -0.15) is 11.3 Å². The molecule has 5 nitrogen and oxygen atoms in total. The molecule has 140 valence electrons. The number of hydrogen-bond acceptors (Lipinski definition) is 5. The molecule has 0 amide bonds. The molecule has 0 aliphatic carbocycles. The van der Waals surface area contributed by atoms with Crippen molar-refractivity contribution in [3.63, 3.8) is 0 Å². The Morgan fingerprint density at radius 3 is 2.46 bits per heavy atom. The van der Waals surface area contributed by atoms with Gasteiger partial charge in [0.15, 0.2) is 11.5 Å². The number of hydrogen-bond donors (Lipinski definition) is 1. The van der Waals surface area contributed by atoms with Gasteiger partial charge in [-0.25, -0.2) is 0 Å². The Bertz CT molecular complexity index is 757. The molecule has 1 N–H and O–H groups in total. The van der Waals surface area contributed by atoms with Gasteiger partial charge in [-0.1, -0.05) is 15.9 Å². The van der Waals surface area contributed by atoms with Gasteiger partial charge in [0.2, 0.25) is 0 Å². The quantitative estimate of drug-likeness (QED) is 0.721. The van der Waals surface area contributed by atoms with Gasteiger partial charge in [0.05, 0.1) is 26.2 Å². The Balaban J connectivity index is 1.97. The molecule has 2 heterocycles. The molecule has 1 aromatic heterocycles. The van der Waals surface area contributed by atoms with E-state index >= 15 is 0 Å². The van der Waals surface area contributed by atoms with Crippen LogP contribution in [-0.2, 0) is 4.79 Å². The number of rotatable bonds is 6. The van der Waals surface area contributed by atoms with Crippen LogP contribution in [0.25, 0.3) is 0 Å². The molecule has 7 heteroatoms. The summed E-state index contributed by atoms with van der Waals surface area (Å²) in [5, 5.41) is 13.5. The van der Waals surface area contributed by atoms with Crippen LogP contribution in [0.15, 0.2) is 33.4 Å². The van der Waals surface area contributed by atoms with Crippen LogP contribution in [0.2, 0.25) is 0 Å². The summed E-state index contributed by atoms with van der Waals surface area (Å²) in [4.78, 5) is 13.6. The average Bonchev–Trinajstić information content (AvgIpc) is 3.17. The van der Waals surface area contributed by atoms with Crippen molar-refractivity contribution in [1.29, 1.82) is 0 Å². The highest BCUT2D eigenvalue weighted by Gasteiger charge is 2.31. The summed E-state index contributed by atoms with van der Waals surface area (Å²) >= 11 is 5.35. The normalized spacial score (nSPS) is 17.0. The lowest BCUT2D eigenvalue weighted by Crippen LogP contribution is -2.39. The first kappa shape index (κ1) is 19.2. The minimum absolute atomic E-state index is 0.0465. The van der Waals surface area contributed by atoms with Crippen LogP contribution >= 0.6 is 27.3 Å². The first-order chi connectivity index (χ1) is 12.5. The first-order valence-corrected chi connectivity index (χ1v) is 10.2. The molecule has 0 bridgehead atoms. The number of likely N-dealkylation sites (tertiary alicyclic amines) is 1. The van der Waals surface area contributed by atoms with Crippen LogP contribution in [0.4, 0.5) is 0 Å². The standard InChI is InChI=1S/C19H22BrNO4S/c1-24-16-9-14(15(20)10-17(16)25-2)18(13-5-8-26-11-13)21-6-3-12(4-7-21)19(22)23/h5,8-12,18H,3-4,6-7H2,1-2H3,(H,22,23). The third kappa shape index (κ3) is 3.89. The number of aliphatic carboxylic acids is 1. The molecule has 1 saturated heterocycles. The molecular weight excluding hydrogens is 418 g/mol. The molecular formula is C19H22BrNO4S. The van der Waals surface area contributed by atoms with E-state index in [4.69, 9.17) is 9.47 Å². The van der Waals surface area contributed by atoms with E-state index in [0.29, 0.717) is 24.3 Å². The summed E-state index contributed by atoms with van der Waals surface area (Å²) in [6.45, 7) is 1.50. The molecule has 1 aliphatic heterocycles. The van der Waals surface area contributed by atoms with Crippen molar-refractivity contribution in [3.8, 4) is 11.5 Å². The van der Waals surface area contributed by atoms with Crippen molar-refractivity contribution in [2.45, 2.75) is 18.9 Å². The third-order valence-corrected chi connectivity index (χ3v) is 6.29. The van der Waals surface area contributed by atoms with Gasteiger partial charge in [0.25, 0.3) is 0 Å². The number of carboxylic acids is 1. The van der Waals surface area contributed by atoms with Crippen molar-refractivity contribution < 1.29 is 19.4 Å². The van der Waals surface area contributed by atoms with E-state index in [1.807, 2.05) is 12.1 Å². The molecule has 1 atom stereocenters. The Morgan fingerprint density at radius 1 is 1.27 bits per heavy atom. The van der Waals surface area contributed by atoms with Crippen molar-refractivity contribution in [2.24, 2.45) is 5.92 Å². The maximum absolute atomic E-state index is 11.3. The fraction of sp³-hybridized carbons (Fsp3) is 0.421. The van der Waals surface area contributed by atoms with Crippen LogP contribution in [0.5, 0.6) is 11.5 Å². The first-order valence-electron chi connectivity index (χ1n) is 8.45. The molecule has 0 spiro atoms. The van der Waals surface area contributed by atoms with Gasteiger partial charge >= 0.3 is 5.97 Å². The summed E-state index contributed by atoms with van der Waals surface area (Å²) in [5.41, 5.74) is 2.30. The molecule has 26 heavy (non-hydrogen) atoms. The zero-order valence-corrected chi connectivity index (χ0v) is 17.2. The maximum Gasteiger partial charge on any atom is 0.306 e. The molecule has 0 saturated carbocycles. The van der Waals surface area contributed by atoms with Gasteiger partial charge in [-0.15, -0.1) is 0 Å². The highest BCUT2D eigenvalue weighted by Crippen LogP contribution is 2.41. The van der Waals surface area contributed by atoms with E-state index in [1.165, 1.54) is 5.56 Å². The largest absolute Gasteiger partial charge is 0.493 e. The molecule has 1 aromatic carbocycles. The number of thiophene rings is 1. The lowest BCUT2D eigenvalue weighted by Gasteiger charge is -2.37. The van der Waals surface area contributed by atoms with Crippen LogP contribution in [0.1, 0.15) is 30.0 Å². The summed E-state index contributed by atoms with van der Waals surface area (Å²) < 4.78 is 11.8. The summed E-state index contributed by atoms with van der Waals surface area (Å²) in [5.74, 6) is 0.426. The van der Waals surface area contributed by atoms with E-state index in [1.54, 1.807) is 25.6 Å². The van der Waals surface area contributed by atoms with Gasteiger partial charge in [0, 0.05) is 4.47 Å². The monoisotopic (exact) mass is 439 g/mol. The van der Waals surface area contributed by atoms with E-state index < -0.39 is 5.97 Å². The smallest absolute Gasteiger partial charge is 0.306 e. The number of ether oxygens (including phenoxy) is 2. The number of piperidine rings is 1. The number of methoxy groups -OCH3 is 2. The second-order valence-corrected chi connectivity index (χ2v) is 7.97. The fourth-order valence-corrected chi connectivity index (χ4v) is 4.72. The second kappa shape index (κ2) is 8.41. The van der Waals surface area contributed by atoms with Crippen LogP contribution in [0.3, 0.4) is 0 Å². The molecule has 1 aliphatic rings. The highest BCUT2D eigenvalue weighted by molar-refractivity contribution is 9.10. The predicted molar refractivity (Wildman–Crippen MR) is 105 cm³/mol. The van der Waals surface area contributed by atoms with Gasteiger partial charge in [0.1, 0.15) is 0 Å². The topological polar surface area (TPSA) is 59.0 Å². The summed E-state index contributed by atoms with van der Waals surface area (Å²) in [6, 6.07) is 6.11. The van der Waals surface area contributed by atoms with Crippen molar-refractivity contribution in [3.05, 3.63) is 44.6 Å². The average molecular weight is 440 g/mol. The van der Waals surface area contributed by atoms with E-state index in [2.05, 4.69) is 37.7 Å². The zero-order chi connectivity index (χ0) is 18.7. The lowest BCUT2D eigenvalue weighted by molar-refractivity contribution is -0.143. The molecule has 0 radical (unpaired) electrons. The zero-order valence-electron chi connectivity index (χ0n) is 14.8. The van der Waals surface area contributed by atoms with Gasteiger partial charge in [-0.3, -0.25) is 9.69 Å². The van der Waals surface area contributed by atoms with Crippen LogP contribution < -0.4 is 9.47 Å². The molecule has 2 aromatic rings. The van der Waals surface area contributed by atoms with Gasteiger partial charge < -0.3 is 14.6 Å². The Labute approximate surface area is 165 Å². The van der Waals surface area contributed by atoms with E-state index in [9.17, 15) is 9.90 Å². The Kier molecular flexibility index (Phi) is 6.21. The Hall–Kier alpha value is -1.57. The number of carboxylic acid groups (broad SMARTS) is 1. The van der Waals surface area contributed by atoms with Crippen molar-refractivity contribution in [1.82, 2.24) is 4.90 Å². The minimum atomic E-state index is -0.691. The maximum atomic E-state index is 11.3. The SMILES string of the molecule is COc1cc(Br)c(C(c2ccsc2)N2CCC(C(=O)O)CC2)cc1OC. The Morgan fingerprint density at radius 2 is 1.92 bits per heavy atom. The highest BCUT2D eigenvalue weighted by atomic mass is 79.9. The summed E-state index contributed by atoms with van der Waals surface area (Å²) in [6.07, 6.45) is 1.34. The van der Waals surface area contributed by atoms with Crippen LogP contribution in [-0.4, -0.2) is 43.3 Å². The number of halogens is 1. The third-order valence-electron chi connectivity index (χ3n) is 4.90. The van der Waals surface area contributed by atoms with E-state index in [0.717, 1.165) is 23.1 Å². The lowest BCUT2D eigenvalue weighted by atomic mass is 9.92. The molecule has 1 unspecified atom stereocenters. The van der Waals surface area contributed by atoms with Crippen molar-refractivity contribution >= 4 is 33.2 Å². The minimum Gasteiger partial charge on any atom is -0.493 e. The van der Waals surface area contributed by atoms with Crippen LogP contribution in [0, 0.1) is 5.92 Å². The molecule has 3 rings (SSSR count). The second-order valence-electron chi connectivity index (χ2n) is 6.34. The van der Waals surface area contributed by atoms with Gasteiger partial charge in [-0.05, 0) is 66.0 Å². The predicted octanol–water partition coefficient (Wildman–Crippen LogP) is 4.41. The molecule has 1 fully saturated rings. The number of carbonyl (C=O) groups is 1. The van der Waals surface area contributed by atoms with Crippen molar-refractivity contribution in [2.75, 3.05) is 27.3 Å².